The molecule has 8 rings (SSSR count). The zero-order chi connectivity index (χ0) is 28.3. The second kappa shape index (κ2) is 10.4. The second-order valence-corrected chi connectivity index (χ2v) is 13.9. The van der Waals surface area contributed by atoms with E-state index in [0.717, 1.165) is 87.9 Å². The summed E-state index contributed by atoms with van der Waals surface area (Å²) in [7, 11) is 0. The van der Waals surface area contributed by atoms with Gasteiger partial charge in [-0.05, 0) is 107 Å². The first kappa shape index (κ1) is 26.8. The van der Waals surface area contributed by atoms with Crippen molar-refractivity contribution in [1.29, 1.82) is 0 Å². The highest BCUT2D eigenvalue weighted by molar-refractivity contribution is 6.09. The summed E-state index contributed by atoms with van der Waals surface area (Å²) in [6.45, 7) is 4.16. The fraction of sp³-hybridized carbons (Fsp3) is 0.556. The van der Waals surface area contributed by atoms with Crippen molar-refractivity contribution in [3.8, 4) is 0 Å². The normalized spacial score (nSPS) is 36.7. The molecular weight excluding hydrogens is 520 g/mol. The maximum atomic E-state index is 13.1. The SMILES string of the molecule is O=C1CCCN2C(CC1)C[C@]13CN4CCCC/C=C\CC[C@](O)(C=C(c5nccc6c5[nH]c5ccccc56)[C@@H]1CC4)[C@H]23. The van der Waals surface area contributed by atoms with E-state index in [4.69, 9.17) is 4.98 Å². The number of para-hydroxylation sites is 1. The summed E-state index contributed by atoms with van der Waals surface area (Å²) in [5.41, 5.74) is 3.47. The average Bonchev–Trinajstić information content (AvgIpc) is 3.51. The zero-order valence-electron chi connectivity index (χ0n) is 24.7. The highest BCUT2D eigenvalue weighted by Gasteiger charge is 2.66. The lowest BCUT2D eigenvalue weighted by Crippen LogP contribution is -2.65. The number of hydrogen-bond acceptors (Lipinski definition) is 5. The van der Waals surface area contributed by atoms with Crippen LogP contribution < -0.4 is 0 Å². The van der Waals surface area contributed by atoms with Crippen LogP contribution in [0.3, 0.4) is 0 Å². The number of aromatic nitrogens is 2. The van der Waals surface area contributed by atoms with Crippen molar-refractivity contribution >= 4 is 33.2 Å². The molecule has 4 aliphatic heterocycles. The molecule has 1 aromatic carbocycles. The quantitative estimate of drug-likeness (QED) is 0.342. The third-order valence-electron chi connectivity index (χ3n) is 11.5. The molecule has 42 heavy (non-hydrogen) atoms. The van der Waals surface area contributed by atoms with Crippen LogP contribution in [0.4, 0.5) is 0 Å². The molecule has 2 aromatic heterocycles. The van der Waals surface area contributed by atoms with Gasteiger partial charge in [-0.3, -0.25) is 14.7 Å². The van der Waals surface area contributed by atoms with Gasteiger partial charge in [0.1, 0.15) is 5.78 Å². The maximum absolute atomic E-state index is 13.1. The number of piperidine rings is 1. The molecular formula is C36H44N4O2. The number of aliphatic hydroxyl groups is 1. The highest BCUT2D eigenvalue weighted by Crippen LogP contribution is 2.62. The van der Waals surface area contributed by atoms with Crippen molar-refractivity contribution in [1.82, 2.24) is 19.8 Å². The number of ketones is 1. The van der Waals surface area contributed by atoms with Crippen LogP contribution in [0, 0.1) is 11.3 Å². The first-order valence-electron chi connectivity index (χ1n) is 16.5. The number of nitrogens with zero attached hydrogens (tertiary/aromatic N) is 3. The van der Waals surface area contributed by atoms with Crippen LogP contribution in [0.5, 0.6) is 0 Å². The van der Waals surface area contributed by atoms with E-state index in [1.165, 1.54) is 29.2 Å². The van der Waals surface area contributed by atoms with E-state index in [0.29, 0.717) is 30.6 Å². The molecule has 3 saturated heterocycles. The monoisotopic (exact) mass is 564 g/mol. The predicted molar refractivity (Wildman–Crippen MR) is 168 cm³/mol. The lowest BCUT2D eigenvalue weighted by Gasteiger charge is -2.58. The van der Waals surface area contributed by atoms with Crippen LogP contribution in [0.1, 0.15) is 76.3 Å². The summed E-state index contributed by atoms with van der Waals surface area (Å²) < 4.78 is 0. The van der Waals surface area contributed by atoms with E-state index < -0.39 is 5.60 Å². The van der Waals surface area contributed by atoms with Gasteiger partial charge in [-0.15, -0.1) is 0 Å². The highest BCUT2D eigenvalue weighted by atomic mass is 16.3. The Labute approximate surface area is 248 Å². The minimum absolute atomic E-state index is 0.0656. The molecule has 0 radical (unpaired) electrons. The summed E-state index contributed by atoms with van der Waals surface area (Å²) in [4.78, 5) is 26.8. The Morgan fingerprint density at radius 1 is 0.952 bits per heavy atom. The van der Waals surface area contributed by atoms with Gasteiger partial charge in [-0.2, -0.15) is 0 Å². The van der Waals surface area contributed by atoms with E-state index >= 15 is 0 Å². The van der Waals surface area contributed by atoms with Crippen molar-refractivity contribution in [3.63, 3.8) is 0 Å². The summed E-state index contributed by atoms with van der Waals surface area (Å²) >= 11 is 0. The summed E-state index contributed by atoms with van der Waals surface area (Å²) in [6, 6.07) is 11.1. The number of H-pyrrole nitrogens is 1. The largest absolute Gasteiger partial charge is 0.384 e. The van der Waals surface area contributed by atoms with Gasteiger partial charge in [-0.25, -0.2) is 0 Å². The Bertz CT molecular complexity index is 1570. The molecule has 6 heterocycles. The third kappa shape index (κ3) is 4.24. The molecule has 3 bridgehead atoms. The predicted octanol–water partition coefficient (Wildman–Crippen LogP) is 6.26. The van der Waals surface area contributed by atoms with Gasteiger partial charge >= 0.3 is 0 Å². The first-order valence-corrected chi connectivity index (χ1v) is 16.5. The molecule has 1 spiro atoms. The summed E-state index contributed by atoms with van der Waals surface area (Å²) in [5, 5.41) is 15.5. The van der Waals surface area contributed by atoms with E-state index in [1.54, 1.807) is 0 Å². The number of benzene rings is 1. The first-order chi connectivity index (χ1) is 20.6. The van der Waals surface area contributed by atoms with Gasteiger partial charge in [0.15, 0.2) is 0 Å². The Morgan fingerprint density at radius 3 is 2.81 bits per heavy atom. The Hall–Kier alpha value is -2.80. The Morgan fingerprint density at radius 2 is 1.86 bits per heavy atom. The number of aromatic amines is 1. The van der Waals surface area contributed by atoms with Gasteiger partial charge < -0.3 is 15.0 Å². The Kier molecular flexibility index (Phi) is 6.65. The molecule has 0 saturated carbocycles. The minimum Gasteiger partial charge on any atom is -0.384 e. The minimum atomic E-state index is -0.957. The molecule has 1 aliphatic carbocycles. The standard InChI is InChI=1S/C36H44N4O2/c41-26-10-9-20-40-25(13-14-26)22-35-24-39-19-8-4-2-1-3-7-17-36(42,34(35)40)23-29(30(35)16-21-39)32-33-28(15-18-37-32)27-11-5-6-12-31(27)38-33/h1,3,5-6,11-12,15,18,23,25,30,34,38,42H,2,4,7-10,13-14,16-17,19-22,24H2/b3-1-/t25?,30-,34+,35-,36-/m0/s1. The number of rotatable bonds is 1. The van der Waals surface area contributed by atoms with Gasteiger partial charge in [-0.1, -0.05) is 30.4 Å². The van der Waals surface area contributed by atoms with Crippen LogP contribution in [-0.2, 0) is 4.79 Å². The van der Waals surface area contributed by atoms with E-state index in [1.807, 2.05) is 6.20 Å². The zero-order valence-corrected chi connectivity index (χ0v) is 24.7. The van der Waals surface area contributed by atoms with Gasteiger partial charge in [0.2, 0.25) is 0 Å². The number of carbonyl (C=O) groups excluding carboxylic acids is 1. The number of fused-ring (bicyclic) bond motifs is 5. The molecule has 6 nitrogen and oxygen atoms in total. The molecule has 2 N–H and O–H groups in total. The number of allylic oxidation sites excluding steroid dienone is 3. The number of carbonyl (C=O) groups is 1. The van der Waals surface area contributed by atoms with Crippen LogP contribution >= 0.6 is 0 Å². The fourth-order valence-corrected chi connectivity index (χ4v) is 9.86. The molecule has 220 valence electrons. The van der Waals surface area contributed by atoms with Crippen molar-refractivity contribution in [2.45, 2.75) is 88.3 Å². The molecule has 0 amide bonds. The van der Waals surface area contributed by atoms with E-state index in [-0.39, 0.29) is 11.5 Å². The van der Waals surface area contributed by atoms with Gasteiger partial charge in [0, 0.05) is 59.4 Å². The second-order valence-electron chi connectivity index (χ2n) is 13.9. The fourth-order valence-electron chi connectivity index (χ4n) is 9.86. The van der Waals surface area contributed by atoms with Crippen LogP contribution in [0.2, 0.25) is 0 Å². The summed E-state index contributed by atoms with van der Waals surface area (Å²) in [5.74, 6) is 0.744. The third-order valence-corrected chi connectivity index (χ3v) is 11.5. The van der Waals surface area contributed by atoms with Crippen molar-refractivity contribution in [3.05, 3.63) is 60.5 Å². The van der Waals surface area contributed by atoms with Crippen LogP contribution in [-0.4, -0.2) is 74.5 Å². The lowest BCUT2D eigenvalue weighted by molar-refractivity contribution is -0.120. The molecule has 3 aromatic rings. The summed E-state index contributed by atoms with van der Waals surface area (Å²) in [6.07, 6.45) is 19.4. The smallest absolute Gasteiger partial charge is 0.133 e. The molecule has 6 atom stereocenters. The van der Waals surface area contributed by atoms with E-state index in [2.05, 4.69) is 63.3 Å². The average molecular weight is 565 g/mol. The Balaban J connectivity index is 1.33. The number of Topliss-reactive ketones (excluding diaryl/α,β-unsaturated/α-hetero) is 1. The lowest BCUT2D eigenvalue weighted by atomic mass is 9.54. The topological polar surface area (TPSA) is 72.5 Å². The van der Waals surface area contributed by atoms with Gasteiger partial charge in [0.05, 0.1) is 16.8 Å². The van der Waals surface area contributed by atoms with E-state index in [9.17, 15) is 9.90 Å². The number of hydrogen-bond donors (Lipinski definition) is 2. The number of pyridine rings is 1. The van der Waals surface area contributed by atoms with Crippen molar-refractivity contribution in [2.24, 2.45) is 11.3 Å². The van der Waals surface area contributed by atoms with Crippen molar-refractivity contribution in [2.75, 3.05) is 26.2 Å². The number of nitrogens with one attached hydrogen (secondary N) is 1. The van der Waals surface area contributed by atoms with Gasteiger partial charge in [0.25, 0.3) is 0 Å². The molecule has 5 aliphatic rings. The maximum Gasteiger partial charge on any atom is 0.133 e. The molecule has 6 heteroatoms. The van der Waals surface area contributed by atoms with Crippen molar-refractivity contribution < 1.29 is 9.90 Å². The molecule has 2 unspecified atom stereocenters. The van der Waals surface area contributed by atoms with Crippen LogP contribution in [0.15, 0.2) is 54.8 Å². The van der Waals surface area contributed by atoms with Crippen LogP contribution in [0.25, 0.3) is 27.4 Å². The molecule has 3 fully saturated rings.